The number of hydrogen-bond acceptors (Lipinski definition) is 5. The molecule has 0 saturated carbocycles. The number of nitriles is 2. The van der Waals surface area contributed by atoms with Gasteiger partial charge in [-0.3, -0.25) is 0 Å². The minimum absolute atomic E-state index is 0.0325. The summed E-state index contributed by atoms with van der Waals surface area (Å²) in [6.45, 7) is 0.165. The highest BCUT2D eigenvalue weighted by molar-refractivity contribution is 5.86. The van der Waals surface area contributed by atoms with Gasteiger partial charge in [-0.05, 0) is 24.3 Å². The Bertz CT molecular complexity index is 1500. The second-order valence-corrected chi connectivity index (χ2v) is 8.16. The predicted octanol–water partition coefficient (Wildman–Crippen LogP) is 6.68. The molecule has 0 aliphatic carbocycles. The smallest absolute Gasteiger partial charge is 0.128 e. The lowest BCUT2D eigenvalue weighted by Gasteiger charge is -2.20. The second kappa shape index (κ2) is 11.7. The molecule has 4 aromatic carbocycles. The summed E-state index contributed by atoms with van der Waals surface area (Å²) in [5, 5.41) is 29.2. The number of nitrogens with one attached hydrogen (secondary N) is 3. The minimum Gasteiger partial charge on any atom is -0.379 e. The summed E-state index contributed by atoms with van der Waals surface area (Å²) in [6.07, 6.45) is 0. The van der Waals surface area contributed by atoms with Crippen molar-refractivity contribution >= 4 is 17.1 Å². The normalized spacial score (nSPS) is 10.3. The highest BCUT2D eigenvalue weighted by atomic mass is 19.1. The lowest BCUT2D eigenvalue weighted by atomic mass is 10.0. The van der Waals surface area contributed by atoms with Gasteiger partial charge in [0.2, 0.25) is 0 Å². The van der Waals surface area contributed by atoms with Crippen LogP contribution < -0.4 is 16.0 Å². The van der Waals surface area contributed by atoms with E-state index in [-0.39, 0.29) is 36.4 Å². The molecule has 0 aliphatic heterocycles. The van der Waals surface area contributed by atoms with E-state index >= 15 is 0 Å². The summed E-state index contributed by atoms with van der Waals surface area (Å²) in [5.41, 5.74) is 2.22. The van der Waals surface area contributed by atoms with E-state index in [2.05, 4.69) is 28.1 Å². The van der Waals surface area contributed by atoms with Gasteiger partial charge < -0.3 is 16.0 Å². The summed E-state index contributed by atoms with van der Waals surface area (Å²) in [7, 11) is 0. The Hall–Kier alpha value is -4.95. The molecule has 5 nitrogen and oxygen atoms in total. The van der Waals surface area contributed by atoms with Gasteiger partial charge in [-0.2, -0.15) is 10.5 Å². The zero-order valence-corrected chi connectivity index (χ0v) is 19.7. The van der Waals surface area contributed by atoms with Crippen molar-refractivity contribution in [1.29, 1.82) is 10.5 Å². The third-order valence-electron chi connectivity index (χ3n) is 5.81. The number of benzene rings is 4. The van der Waals surface area contributed by atoms with Gasteiger partial charge in [-0.15, -0.1) is 0 Å². The van der Waals surface area contributed by atoms with Gasteiger partial charge in [0, 0.05) is 36.3 Å². The van der Waals surface area contributed by atoms with Crippen LogP contribution in [0.15, 0.2) is 78.9 Å². The van der Waals surface area contributed by atoms with Crippen molar-refractivity contribution < 1.29 is 13.2 Å². The van der Waals surface area contributed by atoms with Crippen LogP contribution in [0.4, 0.5) is 30.2 Å². The molecule has 0 saturated heterocycles. The zero-order valence-electron chi connectivity index (χ0n) is 19.7. The largest absolute Gasteiger partial charge is 0.379 e. The number of hydrogen-bond donors (Lipinski definition) is 3. The SMILES string of the molecule is N#Cc1cc(NCc2ccccc2F)c(NCc2ccccc2F)c(C#N)c1NCc1ccccc1F. The van der Waals surface area contributed by atoms with Crippen LogP contribution in [0.1, 0.15) is 27.8 Å². The van der Waals surface area contributed by atoms with Crippen molar-refractivity contribution in [2.75, 3.05) is 16.0 Å². The van der Waals surface area contributed by atoms with Crippen LogP contribution in [-0.2, 0) is 19.6 Å². The van der Waals surface area contributed by atoms with Crippen molar-refractivity contribution in [1.82, 2.24) is 0 Å². The van der Waals surface area contributed by atoms with E-state index in [1.54, 1.807) is 54.6 Å². The standard InChI is InChI=1S/C29H22F3N5/c30-24-10-4-1-7-19(24)16-35-27-13-22(14-33)28(36-17-20-8-2-5-11-25(20)31)23(15-34)29(27)37-18-21-9-3-6-12-26(21)32/h1-13,35-37H,16-18H2. The maximum Gasteiger partial charge on any atom is 0.128 e. The molecule has 0 spiro atoms. The lowest BCUT2D eigenvalue weighted by molar-refractivity contribution is 0.612. The molecule has 0 bridgehead atoms. The fraction of sp³-hybridized carbons (Fsp3) is 0.103. The van der Waals surface area contributed by atoms with Crippen LogP contribution in [0.2, 0.25) is 0 Å². The molecule has 3 N–H and O–H groups in total. The average Bonchev–Trinajstić information content (AvgIpc) is 2.91. The fourth-order valence-electron chi connectivity index (χ4n) is 3.87. The number of rotatable bonds is 9. The molecule has 4 rings (SSSR count). The van der Waals surface area contributed by atoms with E-state index in [4.69, 9.17) is 0 Å². The first-order chi connectivity index (χ1) is 18.0. The van der Waals surface area contributed by atoms with E-state index in [1.165, 1.54) is 24.3 Å². The summed E-state index contributed by atoms with van der Waals surface area (Å²) in [4.78, 5) is 0. The van der Waals surface area contributed by atoms with Crippen LogP contribution in [0.25, 0.3) is 0 Å². The summed E-state index contributed by atoms with van der Waals surface area (Å²) >= 11 is 0. The lowest BCUT2D eigenvalue weighted by Crippen LogP contribution is -2.12. The molecule has 0 aromatic heterocycles. The topological polar surface area (TPSA) is 83.7 Å². The predicted molar refractivity (Wildman–Crippen MR) is 137 cm³/mol. The third-order valence-corrected chi connectivity index (χ3v) is 5.81. The molecule has 8 heteroatoms. The van der Waals surface area contributed by atoms with Gasteiger partial charge in [0.05, 0.1) is 22.6 Å². The minimum atomic E-state index is -0.423. The molecular formula is C29H22F3N5. The molecular weight excluding hydrogens is 475 g/mol. The molecule has 0 aliphatic rings. The van der Waals surface area contributed by atoms with Gasteiger partial charge in [-0.1, -0.05) is 54.6 Å². The Morgan fingerprint density at radius 2 is 1.00 bits per heavy atom. The molecule has 0 heterocycles. The van der Waals surface area contributed by atoms with Crippen molar-refractivity contribution in [3.8, 4) is 12.1 Å². The summed E-state index contributed by atoms with van der Waals surface area (Å²) in [6, 6.07) is 24.4. The van der Waals surface area contributed by atoms with Crippen molar-refractivity contribution in [3.63, 3.8) is 0 Å². The summed E-state index contributed by atoms with van der Waals surface area (Å²) in [5.74, 6) is -1.24. The monoisotopic (exact) mass is 497 g/mol. The van der Waals surface area contributed by atoms with Crippen LogP contribution >= 0.6 is 0 Å². The Morgan fingerprint density at radius 3 is 1.43 bits per heavy atom. The number of halogens is 3. The van der Waals surface area contributed by atoms with Crippen LogP contribution in [0.3, 0.4) is 0 Å². The Morgan fingerprint density at radius 1 is 0.568 bits per heavy atom. The molecule has 0 amide bonds. The fourth-order valence-corrected chi connectivity index (χ4v) is 3.87. The first-order valence-electron chi connectivity index (χ1n) is 11.4. The van der Waals surface area contributed by atoms with Crippen molar-refractivity contribution in [2.45, 2.75) is 19.6 Å². The third kappa shape index (κ3) is 5.83. The quantitative estimate of drug-likeness (QED) is 0.240. The van der Waals surface area contributed by atoms with Crippen molar-refractivity contribution in [2.24, 2.45) is 0 Å². The van der Waals surface area contributed by atoms with Gasteiger partial charge in [0.15, 0.2) is 0 Å². The van der Waals surface area contributed by atoms with E-state index in [9.17, 15) is 23.7 Å². The molecule has 0 atom stereocenters. The highest BCUT2D eigenvalue weighted by Gasteiger charge is 2.19. The molecule has 184 valence electrons. The second-order valence-electron chi connectivity index (χ2n) is 8.16. The molecule has 0 fully saturated rings. The highest BCUT2D eigenvalue weighted by Crippen LogP contribution is 2.36. The molecule has 4 aromatic rings. The first-order valence-corrected chi connectivity index (χ1v) is 11.4. The number of anilines is 3. The molecule has 37 heavy (non-hydrogen) atoms. The van der Waals surface area contributed by atoms with Gasteiger partial charge >= 0.3 is 0 Å². The maximum atomic E-state index is 14.3. The Balaban J connectivity index is 1.73. The molecule has 0 radical (unpaired) electrons. The number of nitrogens with zero attached hydrogens (tertiary/aromatic N) is 2. The zero-order chi connectivity index (χ0) is 26.2. The maximum absolute atomic E-state index is 14.3. The van der Waals surface area contributed by atoms with Gasteiger partial charge in [0.1, 0.15) is 35.2 Å². The van der Waals surface area contributed by atoms with E-state index < -0.39 is 17.5 Å². The Labute approximate surface area is 212 Å². The van der Waals surface area contributed by atoms with Crippen molar-refractivity contribution in [3.05, 3.63) is 124 Å². The van der Waals surface area contributed by atoms with Crippen LogP contribution in [0.5, 0.6) is 0 Å². The first kappa shape index (κ1) is 25.2. The Kier molecular flexibility index (Phi) is 7.92. The molecule has 0 unspecified atom stereocenters. The average molecular weight is 498 g/mol. The summed E-state index contributed by atoms with van der Waals surface area (Å²) < 4.78 is 42.7. The van der Waals surface area contributed by atoms with Crippen LogP contribution in [-0.4, -0.2) is 0 Å². The van der Waals surface area contributed by atoms with E-state index in [0.717, 1.165) is 0 Å². The van der Waals surface area contributed by atoms with E-state index in [1.807, 2.05) is 0 Å². The van der Waals surface area contributed by atoms with E-state index in [0.29, 0.717) is 28.1 Å². The van der Waals surface area contributed by atoms with Gasteiger partial charge in [0.25, 0.3) is 0 Å². The van der Waals surface area contributed by atoms with Crippen LogP contribution in [0, 0.1) is 40.1 Å². The van der Waals surface area contributed by atoms with Gasteiger partial charge in [-0.25, -0.2) is 13.2 Å².